The molecule has 0 N–H and O–H groups in total. The third kappa shape index (κ3) is 3.11. The molecule has 0 aliphatic carbocycles. The van der Waals surface area contributed by atoms with Gasteiger partial charge in [0.1, 0.15) is 11.6 Å². The van der Waals surface area contributed by atoms with Crippen LogP contribution in [0.25, 0.3) is 0 Å². The van der Waals surface area contributed by atoms with Crippen LogP contribution in [0.15, 0.2) is 36.4 Å². The van der Waals surface area contributed by atoms with Crippen molar-refractivity contribution in [1.29, 1.82) is 0 Å². The lowest BCUT2D eigenvalue weighted by molar-refractivity contribution is 0.0989. The monoisotopic (exact) mass is 312 g/mol. The Hall–Kier alpha value is -1.58. The van der Waals surface area contributed by atoms with E-state index in [-0.39, 0.29) is 17.8 Å². The summed E-state index contributed by atoms with van der Waals surface area (Å²) >= 11 is 12.0. The molecule has 0 fully saturated rings. The predicted octanol–water partition coefficient (Wildman–Crippen LogP) is 4.57. The zero-order chi connectivity index (χ0) is 14.7. The van der Waals surface area contributed by atoms with Crippen LogP contribution in [-0.4, -0.2) is 12.9 Å². The maximum absolute atomic E-state index is 13.8. The molecule has 20 heavy (non-hydrogen) atoms. The van der Waals surface area contributed by atoms with Crippen molar-refractivity contribution in [3.05, 3.63) is 63.4 Å². The van der Waals surface area contributed by atoms with Crippen LogP contribution in [0.3, 0.4) is 0 Å². The summed E-state index contributed by atoms with van der Waals surface area (Å²) in [7, 11) is 1.43. The number of hydrogen-bond acceptors (Lipinski definition) is 2. The zero-order valence-corrected chi connectivity index (χ0v) is 12.1. The first-order valence-corrected chi connectivity index (χ1v) is 6.58. The summed E-state index contributed by atoms with van der Waals surface area (Å²) in [5.74, 6) is -0.660. The van der Waals surface area contributed by atoms with Crippen molar-refractivity contribution in [2.45, 2.75) is 6.42 Å². The minimum atomic E-state index is -0.627. The lowest BCUT2D eigenvalue weighted by Gasteiger charge is -2.08. The van der Waals surface area contributed by atoms with Gasteiger partial charge in [-0.25, -0.2) is 4.39 Å². The topological polar surface area (TPSA) is 26.3 Å². The molecule has 2 rings (SSSR count). The maximum Gasteiger partial charge on any atom is 0.170 e. The van der Waals surface area contributed by atoms with E-state index in [2.05, 4.69) is 0 Å². The lowest BCUT2D eigenvalue weighted by atomic mass is 10.0. The van der Waals surface area contributed by atoms with E-state index in [1.54, 1.807) is 18.2 Å². The number of benzene rings is 2. The molecule has 0 spiro atoms. The molecule has 0 amide bonds. The Labute approximate surface area is 126 Å². The molecule has 0 bridgehead atoms. The van der Waals surface area contributed by atoms with Crippen LogP contribution < -0.4 is 4.74 Å². The van der Waals surface area contributed by atoms with Crippen molar-refractivity contribution in [3.8, 4) is 5.75 Å². The summed E-state index contributed by atoms with van der Waals surface area (Å²) in [5.41, 5.74) is 0.484. The summed E-state index contributed by atoms with van der Waals surface area (Å²) in [6, 6.07) is 9.06. The Bertz CT molecular complexity index is 636. The van der Waals surface area contributed by atoms with Gasteiger partial charge in [-0.1, -0.05) is 29.3 Å². The third-order valence-electron chi connectivity index (χ3n) is 2.88. The highest BCUT2D eigenvalue weighted by Crippen LogP contribution is 2.26. The van der Waals surface area contributed by atoms with E-state index in [0.29, 0.717) is 21.4 Å². The number of carbonyl (C=O) groups excluding carboxylic acids is 1. The summed E-state index contributed by atoms with van der Waals surface area (Å²) in [6.45, 7) is 0. The molecule has 0 saturated heterocycles. The van der Waals surface area contributed by atoms with Gasteiger partial charge in [-0.3, -0.25) is 4.79 Å². The molecule has 5 heteroatoms. The number of Topliss-reactive ketones (excluding diaryl/α,β-unsaturated/α-hetero) is 1. The second kappa shape index (κ2) is 6.25. The molecule has 0 atom stereocenters. The Morgan fingerprint density at radius 1 is 1.20 bits per heavy atom. The van der Waals surface area contributed by atoms with Crippen molar-refractivity contribution in [3.63, 3.8) is 0 Å². The average molecular weight is 313 g/mol. The summed E-state index contributed by atoms with van der Waals surface area (Å²) < 4.78 is 18.7. The van der Waals surface area contributed by atoms with Crippen molar-refractivity contribution >= 4 is 29.0 Å². The number of methoxy groups -OCH3 is 1. The standard InChI is InChI=1S/C15H11Cl2FO2/c1-20-9-5-6-10(14(18)7-9)15(19)8-11-12(16)3-2-4-13(11)17/h2-7H,8H2,1H3. The molecule has 2 nitrogen and oxygen atoms in total. The number of rotatable bonds is 4. The van der Waals surface area contributed by atoms with E-state index in [9.17, 15) is 9.18 Å². The van der Waals surface area contributed by atoms with Crippen LogP contribution in [0.2, 0.25) is 10.0 Å². The van der Waals surface area contributed by atoms with Crippen LogP contribution in [0.1, 0.15) is 15.9 Å². The summed E-state index contributed by atoms with van der Waals surface area (Å²) in [5, 5.41) is 0.777. The zero-order valence-electron chi connectivity index (χ0n) is 10.6. The molecular formula is C15H11Cl2FO2. The van der Waals surface area contributed by atoms with Crippen LogP contribution in [-0.2, 0) is 6.42 Å². The number of hydrogen-bond donors (Lipinski definition) is 0. The van der Waals surface area contributed by atoms with Crippen LogP contribution in [0.5, 0.6) is 5.75 Å². The Kier molecular flexibility index (Phi) is 4.63. The van der Waals surface area contributed by atoms with Gasteiger partial charge < -0.3 is 4.74 Å². The van der Waals surface area contributed by atoms with E-state index in [1.807, 2.05) is 0 Å². The summed E-state index contributed by atoms with van der Waals surface area (Å²) in [4.78, 5) is 12.1. The van der Waals surface area contributed by atoms with E-state index in [4.69, 9.17) is 27.9 Å². The van der Waals surface area contributed by atoms with Gasteiger partial charge in [-0.05, 0) is 29.8 Å². The molecule has 0 aliphatic rings. The van der Waals surface area contributed by atoms with Crippen molar-refractivity contribution in [2.75, 3.05) is 7.11 Å². The molecule has 0 radical (unpaired) electrons. The number of halogens is 3. The quantitative estimate of drug-likeness (QED) is 0.773. The molecule has 0 unspecified atom stereocenters. The van der Waals surface area contributed by atoms with Gasteiger partial charge in [0.15, 0.2) is 5.78 Å². The highest BCUT2D eigenvalue weighted by Gasteiger charge is 2.16. The fraction of sp³-hybridized carbons (Fsp3) is 0.133. The van der Waals surface area contributed by atoms with Gasteiger partial charge in [-0.2, -0.15) is 0 Å². The van der Waals surface area contributed by atoms with E-state index < -0.39 is 5.82 Å². The van der Waals surface area contributed by atoms with Crippen molar-refractivity contribution in [2.24, 2.45) is 0 Å². The molecule has 2 aromatic rings. The number of ether oxygens (including phenoxy) is 1. The van der Waals surface area contributed by atoms with Gasteiger partial charge in [0.2, 0.25) is 0 Å². The first kappa shape index (κ1) is 14.8. The lowest BCUT2D eigenvalue weighted by Crippen LogP contribution is -2.07. The summed E-state index contributed by atoms with van der Waals surface area (Å²) in [6.07, 6.45) is -0.0538. The molecule has 0 aromatic heterocycles. The van der Waals surface area contributed by atoms with Crippen LogP contribution in [0.4, 0.5) is 4.39 Å². The van der Waals surface area contributed by atoms with Gasteiger partial charge in [-0.15, -0.1) is 0 Å². The van der Waals surface area contributed by atoms with E-state index in [0.717, 1.165) is 0 Å². The Morgan fingerprint density at radius 3 is 2.40 bits per heavy atom. The van der Waals surface area contributed by atoms with E-state index in [1.165, 1.54) is 25.3 Å². The third-order valence-corrected chi connectivity index (χ3v) is 3.58. The fourth-order valence-electron chi connectivity index (χ4n) is 1.81. The number of carbonyl (C=O) groups is 1. The van der Waals surface area contributed by atoms with Gasteiger partial charge in [0, 0.05) is 22.5 Å². The Balaban J connectivity index is 2.29. The highest BCUT2D eigenvalue weighted by atomic mass is 35.5. The molecule has 0 aliphatic heterocycles. The van der Waals surface area contributed by atoms with Gasteiger partial charge in [0.25, 0.3) is 0 Å². The van der Waals surface area contributed by atoms with Gasteiger partial charge in [0.05, 0.1) is 12.7 Å². The minimum Gasteiger partial charge on any atom is -0.497 e. The SMILES string of the molecule is COc1ccc(C(=O)Cc2c(Cl)cccc2Cl)c(F)c1. The van der Waals surface area contributed by atoms with E-state index >= 15 is 0 Å². The normalized spacial score (nSPS) is 10.4. The molecule has 104 valence electrons. The first-order chi connectivity index (χ1) is 9.52. The smallest absolute Gasteiger partial charge is 0.170 e. The predicted molar refractivity (Wildman–Crippen MR) is 77.4 cm³/mol. The average Bonchev–Trinajstić information content (AvgIpc) is 2.42. The molecular weight excluding hydrogens is 302 g/mol. The van der Waals surface area contributed by atoms with Gasteiger partial charge >= 0.3 is 0 Å². The second-order valence-electron chi connectivity index (χ2n) is 4.15. The molecule has 0 heterocycles. The number of ketones is 1. The first-order valence-electron chi connectivity index (χ1n) is 5.82. The maximum atomic E-state index is 13.8. The van der Waals surface area contributed by atoms with Crippen molar-refractivity contribution in [1.82, 2.24) is 0 Å². The van der Waals surface area contributed by atoms with Crippen LogP contribution in [0, 0.1) is 5.82 Å². The van der Waals surface area contributed by atoms with Crippen LogP contribution >= 0.6 is 23.2 Å². The second-order valence-corrected chi connectivity index (χ2v) is 4.96. The fourth-order valence-corrected chi connectivity index (χ4v) is 2.34. The van der Waals surface area contributed by atoms with Crippen molar-refractivity contribution < 1.29 is 13.9 Å². The minimum absolute atomic E-state index is 0.0122. The molecule has 2 aromatic carbocycles. The Morgan fingerprint density at radius 2 is 1.85 bits per heavy atom. The largest absolute Gasteiger partial charge is 0.497 e. The highest BCUT2D eigenvalue weighted by molar-refractivity contribution is 6.36. The molecule has 0 saturated carbocycles.